The van der Waals surface area contributed by atoms with Gasteiger partial charge in [0, 0.05) is 23.2 Å². The molecule has 0 spiro atoms. The first-order valence-electron chi connectivity index (χ1n) is 5.15. The zero-order chi connectivity index (χ0) is 10.7. The van der Waals surface area contributed by atoms with Crippen molar-refractivity contribution in [3.8, 4) is 0 Å². The number of aromatic nitrogens is 3. The van der Waals surface area contributed by atoms with Crippen LogP contribution in [0.5, 0.6) is 0 Å². The van der Waals surface area contributed by atoms with Crippen molar-refractivity contribution in [1.29, 1.82) is 0 Å². The van der Waals surface area contributed by atoms with Crippen LogP contribution < -0.4 is 5.73 Å². The van der Waals surface area contributed by atoms with Gasteiger partial charge in [0.25, 0.3) is 0 Å². The highest BCUT2D eigenvalue weighted by Crippen LogP contribution is 2.40. The third-order valence-corrected chi connectivity index (χ3v) is 5.46. The maximum absolute atomic E-state index is 5.48. The average Bonchev–Trinajstić information content (AvgIpc) is 2.68. The summed E-state index contributed by atoms with van der Waals surface area (Å²) in [5.74, 6) is 4.29. The lowest BCUT2D eigenvalue weighted by atomic mass is 10.3. The molecule has 1 fully saturated rings. The van der Waals surface area contributed by atoms with Crippen LogP contribution in [0, 0.1) is 0 Å². The minimum Gasteiger partial charge on any atom is -0.330 e. The Bertz CT molecular complexity index is 315. The Kier molecular flexibility index (Phi) is 3.93. The number of aromatic amines is 1. The molecule has 1 aromatic heterocycles. The number of H-pyrrole nitrogens is 1. The van der Waals surface area contributed by atoms with Gasteiger partial charge >= 0.3 is 0 Å². The van der Waals surface area contributed by atoms with E-state index in [1.807, 2.05) is 23.5 Å². The minimum absolute atomic E-state index is 0.437. The third-order valence-electron chi connectivity index (χ3n) is 2.37. The van der Waals surface area contributed by atoms with Crippen LogP contribution in [-0.2, 0) is 6.42 Å². The predicted molar refractivity (Wildman–Crippen MR) is 66.3 cm³/mol. The SMILES string of the molecule is CC1SCCSC1c1n[nH]c(CCN)n1. The van der Waals surface area contributed by atoms with Crippen LogP contribution in [-0.4, -0.2) is 38.5 Å². The van der Waals surface area contributed by atoms with E-state index in [1.54, 1.807) is 0 Å². The molecule has 0 aliphatic carbocycles. The summed E-state index contributed by atoms with van der Waals surface area (Å²) in [6.45, 7) is 2.87. The predicted octanol–water partition coefficient (Wildman–Crippen LogP) is 1.22. The van der Waals surface area contributed by atoms with E-state index in [-0.39, 0.29) is 0 Å². The van der Waals surface area contributed by atoms with Gasteiger partial charge in [0.2, 0.25) is 0 Å². The van der Waals surface area contributed by atoms with E-state index in [4.69, 9.17) is 5.73 Å². The molecule has 15 heavy (non-hydrogen) atoms. The van der Waals surface area contributed by atoms with Crippen LogP contribution in [0.4, 0.5) is 0 Å². The molecule has 2 unspecified atom stereocenters. The van der Waals surface area contributed by atoms with Gasteiger partial charge in [0.05, 0.1) is 5.25 Å². The molecule has 0 amide bonds. The lowest BCUT2D eigenvalue weighted by molar-refractivity contribution is 0.829. The first-order chi connectivity index (χ1) is 7.31. The highest BCUT2D eigenvalue weighted by atomic mass is 32.2. The zero-order valence-electron chi connectivity index (χ0n) is 8.77. The Labute approximate surface area is 98.2 Å². The Hall–Kier alpha value is -0.200. The Morgan fingerprint density at radius 3 is 3.00 bits per heavy atom. The summed E-state index contributed by atoms with van der Waals surface area (Å²) in [6, 6.07) is 0. The molecule has 2 rings (SSSR count). The molecular weight excluding hydrogens is 228 g/mol. The van der Waals surface area contributed by atoms with Crippen molar-refractivity contribution < 1.29 is 0 Å². The summed E-state index contributed by atoms with van der Waals surface area (Å²) >= 11 is 3.96. The van der Waals surface area contributed by atoms with Gasteiger partial charge in [-0.05, 0) is 6.54 Å². The number of nitrogens with two attached hydrogens (primary N) is 1. The molecular formula is C9H16N4S2. The molecule has 0 radical (unpaired) electrons. The van der Waals surface area contributed by atoms with Crippen LogP contribution in [0.1, 0.15) is 23.8 Å². The molecule has 0 aromatic carbocycles. The Balaban J connectivity index is 2.06. The third kappa shape index (κ3) is 2.68. The summed E-state index contributed by atoms with van der Waals surface area (Å²) in [4.78, 5) is 4.49. The van der Waals surface area contributed by atoms with Crippen molar-refractivity contribution in [3.05, 3.63) is 11.6 Å². The van der Waals surface area contributed by atoms with Crippen LogP contribution in [0.2, 0.25) is 0 Å². The normalized spacial score (nSPS) is 26.8. The van der Waals surface area contributed by atoms with Crippen LogP contribution >= 0.6 is 23.5 Å². The van der Waals surface area contributed by atoms with Crippen molar-refractivity contribution in [3.63, 3.8) is 0 Å². The van der Waals surface area contributed by atoms with Crippen molar-refractivity contribution in [1.82, 2.24) is 15.2 Å². The van der Waals surface area contributed by atoms with E-state index in [1.165, 1.54) is 11.5 Å². The lowest BCUT2D eigenvalue weighted by Gasteiger charge is -2.25. The highest BCUT2D eigenvalue weighted by Gasteiger charge is 2.27. The number of hydrogen-bond acceptors (Lipinski definition) is 5. The lowest BCUT2D eigenvalue weighted by Crippen LogP contribution is -2.17. The number of hydrogen-bond donors (Lipinski definition) is 2. The van der Waals surface area contributed by atoms with E-state index in [2.05, 4.69) is 22.1 Å². The van der Waals surface area contributed by atoms with Gasteiger partial charge in [0.1, 0.15) is 5.82 Å². The molecule has 1 aliphatic rings. The van der Waals surface area contributed by atoms with E-state index in [0.717, 1.165) is 18.1 Å². The van der Waals surface area contributed by atoms with E-state index >= 15 is 0 Å². The number of nitrogens with zero attached hydrogens (tertiary/aromatic N) is 2. The van der Waals surface area contributed by atoms with Gasteiger partial charge in [-0.15, -0.1) is 11.8 Å². The van der Waals surface area contributed by atoms with Crippen molar-refractivity contribution >= 4 is 23.5 Å². The summed E-state index contributed by atoms with van der Waals surface area (Å²) in [5.41, 5.74) is 5.48. The summed E-state index contributed by atoms with van der Waals surface area (Å²) in [6.07, 6.45) is 0.784. The van der Waals surface area contributed by atoms with Crippen molar-refractivity contribution in [2.75, 3.05) is 18.1 Å². The van der Waals surface area contributed by atoms with E-state index in [9.17, 15) is 0 Å². The van der Waals surface area contributed by atoms with E-state index in [0.29, 0.717) is 17.0 Å². The topological polar surface area (TPSA) is 67.6 Å². The minimum atomic E-state index is 0.437. The fraction of sp³-hybridized carbons (Fsp3) is 0.778. The van der Waals surface area contributed by atoms with E-state index < -0.39 is 0 Å². The molecule has 0 bridgehead atoms. The quantitative estimate of drug-likeness (QED) is 0.836. The number of nitrogens with one attached hydrogen (secondary N) is 1. The molecule has 3 N–H and O–H groups in total. The second-order valence-corrected chi connectivity index (χ2v) is 6.28. The molecule has 4 nitrogen and oxygen atoms in total. The average molecular weight is 244 g/mol. The van der Waals surface area contributed by atoms with Gasteiger partial charge in [0.15, 0.2) is 5.82 Å². The maximum atomic E-state index is 5.48. The van der Waals surface area contributed by atoms with Crippen LogP contribution in [0.3, 0.4) is 0 Å². The number of thioether (sulfide) groups is 2. The van der Waals surface area contributed by atoms with Crippen LogP contribution in [0.15, 0.2) is 0 Å². The second-order valence-electron chi connectivity index (χ2n) is 3.55. The molecule has 1 aliphatic heterocycles. The van der Waals surface area contributed by atoms with Gasteiger partial charge in [-0.25, -0.2) is 4.98 Å². The fourth-order valence-corrected chi connectivity index (χ4v) is 4.29. The molecule has 1 saturated heterocycles. The zero-order valence-corrected chi connectivity index (χ0v) is 10.4. The van der Waals surface area contributed by atoms with Crippen LogP contribution in [0.25, 0.3) is 0 Å². The standard InChI is InChI=1S/C9H16N4S2/c1-6-8(15-5-4-14-6)9-11-7(2-3-10)12-13-9/h6,8H,2-5,10H2,1H3,(H,11,12,13). The molecule has 0 saturated carbocycles. The van der Waals surface area contributed by atoms with Gasteiger partial charge in [-0.3, -0.25) is 5.10 Å². The Morgan fingerprint density at radius 1 is 1.47 bits per heavy atom. The Morgan fingerprint density at radius 2 is 2.27 bits per heavy atom. The summed E-state index contributed by atoms with van der Waals surface area (Å²) in [5, 5.41) is 8.28. The maximum Gasteiger partial charge on any atom is 0.164 e. The van der Waals surface area contributed by atoms with Crippen molar-refractivity contribution in [2.24, 2.45) is 5.73 Å². The second kappa shape index (κ2) is 5.23. The first-order valence-corrected chi connectivity index (χ1v) is 7.25. The summed E-state index contributed by atoms with van der Waals surface area (Å²) < 4.78 is 0. The molecule has 2 atom stereocenters. The molecule has 1 aromatic rings. The highest BCUT2D eigenvalue weighted by molar-refractivity contribution is 8.06. The first kappa shape index (κ1) is 11.3. The van der Waals surface area contributed by atoms with Crippen molar-refractivity contribution in [2.45, 2.75) is 23.8 Å². The smallest absolute Gasteiger partial charge is 0.164 e. The van der Waals surface area contributed by atoms with Gasteiger partial charge in [-0.1, -0.05) is 6.92 Å². The largest absolute Gasteiger partial charge is 0.330 e. The fourth-order valence-electron chi connectivity index (χ4n) is 1.60. The molecule has 84 valence electrons. The van der Waals surface area contributed by atoms with Gasteiger partial charge in [-0.2, -0.15) is 16.9 Å². The number of rotatable bonds is 3. The summed E-state index contributed by atoms with van der Waals surface area (Å²) in [7, 11) is 0. The molecule has 2 heterocycles. The monoisotopic (exact) mass is 244 g/mol. The molecule has 6 heteroatoms. The van der Waals surface area contributed by atoms with Gasteiger partial charge < -0.3 is 5.73 Å².